The molecule has 1 aromatic heterocycles. The molecule has 0 saturated carbocycles. The molecule has 0 unspecified atom stereocenters. The molecule has 1 N–H and O–H groups in total. The van der Waals surface area contributed by atoms with Gasteiger partial charge in [0.2, 0.25) is 0 Å². The van der Waals surface area contributed by atoms with Crippen LogP contribution < -0.4 is 10.2 Å². The number of carbonyl (C=O) groups excluding carboxylic acids is 1. The van der Waals surface area contributed by atoms with Gasteiger partial charge >= 0.3 is 0 Å². The third kappa shape index (κ3) is 3.74. The maximum absolute atomic E-state index is 13.3. The van der Waals surface area contributed by atoms with Crippen molar-refractivity contribution in [1.82, 2.24) is 9.97 Å². The van der Waals surface area contributed by atoms with E-state index in [0.717, 1.165) is 37.1 Å². The lowest BCUT2D eigenvalue weighted by atomic mass is 10.2. The van der Waals surface area contributed by atoms with E-state index >= 15 is 0 Å². The Hall–Kier alpha value is -3.21. The second-order valence-corrected chi connectivity index (χ2v) is 6.94. The first-order chi connectivity index (χ1) is 13.8. The van der Waals surface area contributed by atoms with Gasteiger partial charge in [-0.3, -0.25) is 4.79 Å². The van der Waals surface area contributed by atoms with Crippen molar-refractivity contribution in [2.45, 2.75) is 26.2 Å². The minimum atomic E-state index is -0.0805. The van der Waals surface area contributed by atoms with Crippen LogP contribution >= 0.6 is 0 Å². The van der Waals surface area contributed by atoms with E-state index in [1.807, 2.05) is 53.4 Å². The highest BCUT2D eigenvalue weighted by Gasteiger charge is 2.26. The Morgan fingerprint density at radius 2 is 1.86 bits per heavy atom. The highest BCUT2D eigenvalue weighted by Crippen LogP contribution is 2.29. The molecule has 0 radical (unpaired) electrons. The first kappa shape index (κ1) is 18.2. The Labute approximate surface area is 165 Å². The van der Waals surface area contributed by atoms with Crippen LogP contribution in [0.5, 0.6) is 0 Å². The van der Waals surface area contributed by atoms with Gasteiger partial charge in [0, 0.05) is 30.4 Å². The maximum atomic E-state index is 13.3. The largest absolute Gasteiger partial charge is 0.370 e. The molecule has 0 fully saturated rings. The monoisotopic (exact) mass is 372 g/mol. The molecule has 2 heterocycles. The molecule has 0 spiro atoms. The van der Waals surface area contributed by atoms with E-state index in [-0.39, 0.29) is 5.91 Å². The number of para-hydroxylation sites is 1. The Kier molecular flexibility index (Phi) is 5.33. The van der Waals surface area contributed by atoms with E-state index in [4.69, 9.17) is 0 Å². The van der Waals surface area contributed by atoms with Crippen LogP contribution in [0.25, 0.3) is 11.4 Å². The average molecular weight is 372 g/mol. The fourth-order valence-electron chi connectivity index (χ4n) is 3.44. The Morgan fingerprint density at radius 1 is 1.07 bits per heavy atom. The number of unbranched alkanes of at least 4 members (excludes halogenated alkanes) is 1. The number of hydrogen-bond acceptors (Lipinski definition) is 4. The second-order valence-electron chi connectivity index (χ2n) is 6.94. The standard InChI is InChI=1S/C23H24N4O/c1-2-3-14-24-21-16-19(25-22(26-21)18-10-5-4-6-11-18)23(28)27-15-13-17-9-7-8-12-20(17)27/h4-12,16H,2-3,13-15H2,1H3,(H,24,25,26). The van der Waals surface area contributed by atoms with Crippen LogP contribution in [0.2, 0.25) is 0 Å². The van der Waals surface area contributed by atoms with Crippen molar-refractivity contribution >= 4 is 17.4 Å². The van der Waals surface area contributed by atoms with Crippen LogP contribution in [0.4, 0.5) is 11.5 Å². The van der Waals surface area contributed by atoms with Crippen molar-refractivity contribution < 1.29 is 4.79 Å². The summed E-state index contributed by atoms with van der Waals surface area (Å²) in [7, 11) is 0. The van der Waals surface area contributed by atoms with Gasteiger partial charge in [0.05, 0.1) is 0 Å². The van der Waals surface area contributed by atoms with Crippen LogP contribution in [0.1, 0.15) is 35.8 Å². The van der Waals surface area contributed by atoms with Gasteiger partial charge in [-0.15, -0.1) is 0 Å². The number of aromatic nitrogens is 2. The van der Waals surface area contributed by atoms with Gasteiger partial charge < -0.3 is 10.2 Å². The van der Waals surface area contributed by atoms with Gasteiger partial charge in [-0.1, -0.05) is 61.9 Å². The van der Waals surface area contributed by atoms with Gasteiger partial charge in [-0.2, -0.15) is 0 Å². The molecule has 1 aliphatic rings. The van der Waals surface area contributed by atoms with Gasteiger partial charge in [0.25, 0.3) is 5.91 Å². The van der Waals surface area contributed by atoms with E-state index in [2.05, 4.69) is 28.3 Å². The quantitative estimate of drug-likeness (QED) is 0.645. The predicted molar refractivity (Wildman–Crippen MR) is 113 cm³/mol. The van der Waals surface area contributed by atoms with Crippen LogP contribution in [-0.4, -0.2) is 29.0 Å². The summed E-state index contributed by atoms with van der Waals surface area (Å²) in [5.74, 6) is 1.18. The zero-order valence-corrected chi connectivity index (χ0v) is 16.1. The van der Waals surface area contributed by atoms with Gasteiger partial charge in [0.15, 0.2) is 5.82 Å². The fourth-order valence-corrected chi connectivity index (χ4v) is 3.44. The molecule has 142 valence electrons. The molecule has 0 aliphatic carbocycles. The number of amides is 1. The number of carbonyl (C=O) groups is 1. The molecule has 5 nitrogen and oxygen atoms in total. The second kappa shape index (κ2) is 8.21. The first-order valence-electron chi connectivity index (χ1n) is 9.84. The summed E-state index contributed by atoms with van der Waals surface area (Å²) in [6, 6.07) is 19.6. The van der Waals surface area contributed by atoms with Crippen LogP contribution in [0.15, 0.2) is 60.7 Å². The molecule has 0 saturated heterocycles. The first-order valence-corrected chi connectivity index (χ1v) is 9.84. The summed E-state index contributed by atoms with van der Waals surface area (Å²) < 4.78 is 0. The lowest BCUT2D eigenvalue weighted by Gasteiger charge is -2.18. The molecule has 3 aromatic rings. The average Bonchev–Trinajstić information content (AvgIpc) is 3.18. The maximum Gasteiger partial charge on any atom is 0.277 e. The highest BCUT2D eigenvalue weighted by molar-refractivity contribution is 6.06. The highest BCUT2D eigenvalue weighted by atomic mass is 16.2. The lowest BCUT2D eigenvalue weighted by Crippen LogP contribution is -2.30. The number of anilines is 2. The number of rotatable bonds is 6. The van der Waals surface area contributed by atoms with Gasteiger partial charge in [-0.25, -0.2) is 9.97 Å². The van der Waals surface area contributed by atoms with Crippen LogP contribution in [0.3, 0.4) is 0 Å². The molecule has 1 amide bonds. The molecule has 2 aromatic carbocycles. The molecule has 28 heavy (non-hydrogen) atoms. The molecular weight excluding hydrogens is 348 g/mol. The zero-order valence-electron chi connectivity index (χ0n) is 16.1. The minimum Gasteiger partial charge on any atom is -0.370 e. The van der Waals surface area contributed by atoms with Crippen molar-refractivity contribution in [1.29, 1.82) is 0 Å². The van der Waals surface area contributed by atoms with E-state index in [9.17, 15) is 4.79 Å². The molecule has 0 bridgehead atoms. The topological polar surface area (TPSA) is 58.1 Å². The number of hydrogen-bond donors (Lipinski definition) is 1. The minimum absolute atomic E-state index is 0.0805. The van der Waals surface area contributed by atoms with Crippen LogP contribution in [0, 0.1) is 0 Å². The van der Waals surface area contributed by atoms with Crippen molar-refractivity contribution in [3.63, 3.8) is 0 Å². The Balaban J connectivity index is 1.69. The van der Waals surface area contributed by atoms with E-state index in [1.165, 1.54) is 5.56 Å². The third-order valence-electron chi connectivity index (χ3n) is 4.95. The number of benzene rings is 2. The van der Waals surface area contributed by atoms with Crippen LogP contribution in [-0.2, 0) is 6.42 Å². The molecular formula is C23H24N4O. The number of nitrogens with one attached hydrogen (secondary N) is 1. The van der Waals surface area contributed by atoms with Gasteiger partial charge in [-0.05, 0) is 24.5 Å². The van der Waals surface area contributed by atoms with Crippen molar-refractivity contribution in [2.75, 3.05) is 23.3 Å². The van der Waals surface area contributed by atoms with Crippen molar-refractivity contribution in [2.24, 2.45) is 0 Å². The predicted octanol–water partition coefficient (Wildman–Crippen LogP) is 4.56. The normalized spacial score (nSPS) is 12.7. The summed E-state index contributed by atoms with van der Waals surface area (Å²) in [5, 5.41) is 3.34. The van der Waals surface area contributed by atoms with E-state index < -0.39 is 0 Å². The molecule has 0 atom stereocenters. The van der Waals surface area contributed by atoms with Gasteiger partial charge in [0.1, 0.15) is 11.5 Å². The summed E-state index contributed by atoms with van der Waals surface area (Å²) in [5.41, 5.74) is 3.50. The summed E-state index contributed by atoms with van der Waals surface area (Å²) >= 11 is 0. The number of nitrogens with zero attached hydrogens (tertiary/aromatic N) is 3. The summed E-state index contributed by atoms with van der Waals surface area (Å²) in [6.45, 7) is 3.65. The Morgan fingerprint density at radius 3 is 2.68 bits per heavy atom. The van der Waals surface area contributed by atoms with E-state index in [0.29, 0.717) is 23.9 Å². The fraction of sp³-hybridized carbons (Fsp3) is 0.261. The molecule has 1 aliphatic heterocycles. The summed E-state index contributed by atoms with van der Waals surface area (Å²) in [6.07, 6.45) is 3.02. The lowest BCUT2D eigenvalue weighted by molar-refractivity contribution is 0.0984. The third-order valence-corrected chi connectivity index (χ3v) is 4.95. The zero-order chi connectivity index (χ0) is 19.3. The smallest absolute Gasteiger partial charge is 0.277 e. The molecule has 5 heteroatoms. The summed E-state index contributed by atoms with van der Waals surface area (Å²) in [4.78, 5) is 24.3. The SMILES string of the molecule is CCCCNc1cc(C(=O)N2CCc3ccccc32)nc(-c2ccccc2)n1. The van der Waals surface area contributed by atoms with Crippen molar-refractivity contribution in [3.05, 3.63) is 71.9 Å². The van der Waals surface area contributed by atoms with Crippen molar-refractivity contribution in [3.8, 4) is 11.4 Å². The number of fused-ring (bicyclic) bond motifs is 1. The van der Waals surface area contributed by atoms with E-state index in [1.54, 1.807) is 6.07 Å². The Bertz CT molecular complexity index is 971. The molecule has 4 rings (SSSR count).